The van der Waals surface area contributed by atoms with E-state index in [2.05, 4.69) is 16.6 Å². The predicted octanol–water partition coefficient (Wildman–Crippen LogP) is 1.83. The minimum absolute atomic E-state index is 0.236. The monoisotopic (exact) mass is 280 g/mol. The zero-order chi connectivity index (χ0) is 15.1. The van der Waals surface area contributed by atoms with Crippen molar-refractivity contribution >= 4 is 23.4 Å². The third-order valence-corrected chi connectivity index (χ3v) is 2.56. The van der Waals surface area contributed by atoms with Gasteiger partial charge in [-0.05, 0) is 18.7 Å². The van der Waals surface area contributed by atoms with Gasteiger partial charge in [-0.15, -0.1) is 0 Å². The molecular weight excluding hydrogens is 264 g/mol. The van der Waals surface area contributed by atoms with E-state index in [-0.39, 0.29) is 5.76 Å². The van der Waals surface area contributed by atoms with E-state index in [9.17, 15) is 9.59 Å². The number of rotatable bonds is 2. The number of benzene rings is 1. The highest BCUT2D eigenvalue weighted by Crippen LogP contribution is 2.27. The maximum atomic E-state index is 10.8. The van der Waals surface area contributed by atoms with Crippen LogP contribution in [0.5, 0.6) is 0 Å². The summed E-state index contributed by atoms with van der Waals surface area (Å²) in [5, 5.41) is 20.0. The van der Waals surface area contributed by atoms with Crippen molar-refractivity contribution in [3.8, 4) is 0 Å². The molecule has 0 spiro atoms. The van der Waals surface area contributed by atoms with E-state index in [1.54, 1.807) is 6.07 Å². The first-order chi connectivity index (χ1) is 9.47. The summed E-state index contributed by atoms with van der Waals surface area (Å²) in [6.07, 6.45) is -0.894. The van der Waals surface area contributed by atoms with E-state index in [1.807, 2.05) is 18.2 Å². The molecule has 0 radical (unpaired) electrons. The Morgan fingerprint density at radius 1 is 1.35 bits per heavy atom. The molecule has 0 saturated carbocycles. The van der Waals surface area contributed by atoms with Crippen molar-refractivity contribution in [3.05, 3.63) is 36.6 Å². The van der Waals surface area contributed by atoms with Crippen LogP contribution in [0, 0.1) is 0 Å². The van der Waals surface area contributed by atoms with Crippen LogP contribution in [-0.4, -0.2) is 42.5 Å². The molecule has 0 atom stereocenters. The highest BCUT2D eigenvalue weighted by atomic mass is 16.5. The van der Waals surface area contributed by atoms with Crippen molar-refractivity contribution in [2.45, 2.75) is 0 Å². The van der Waals surface area contributed by atoms with Crippen LogP contribution >= 0.6 is 0 Å². The van der Waals surface area contributed by atoms with Gasteiger partial charge in [0.05, 0.1) is 18.5 Å². The molecule has 0 aliphatic carbocycles. The second-order valence-corrected chi connectivity index (χ2v) is 3.81. The van der Waals surface area contributed by atoms with Crippen LogP contribution in [0.2, 0.25) is 0 Å². The largest absolute Gasteiger partial charge is 0.490 e. The van der Waals surface area contributed by atoms with Crippen LogP contribution in [0.3, 0.4) is 0 Å². The Labute approximate surface area is 116 Å². The summed E-state index contributed by atoms with van der Waals surface area (Å²) < 4.78 is 4.22. The fourth-order valence-corrected chi connectivity index (χ4v) is 1.57. The quantitative estimate of drug-likeness (QED) is 0.564. The van der Waals surface area contributed by atoms with E-state index in [0.29, 0.717) is 13.1 Å². The second-order valence-electron chi connectivity index (χ2n) is 3.81. The molecule has 2 rings (SSSR count). The predicted molar refractivity (Wildman–Crippen MR) is 74.1 cm³/mol. The van der Waals surface area contributed by atoms with Crippen LogP contribution in [-0.2, 0) is 9.53 Å². The molecule has 1 amide bonds. The zero-order valence-electron chi connectivity index (χ0n) is 11.0. The Kier molecular flexibility index (Phi) is 5.40. The molecule has 20 heavy (non-hydrogen) atoms. The lowest BCUT2D eigenvalue weighted by Crippen LogP contribution is -2.37. The summed E-state index contributed by atoms with van der Waals surface area (Å²) in [6.45, 7) is 4.23. The fourth-order valence-electron chi connectivity index (χ4n) is 1.57. The number of fused-ring (bicyclic) bond motifs is 1. The molecule has 7 nitrogen and oxygen atoms in total. The third kappa shape index (κ3) is 3.91. The van der Waals surface area contributed by atoms with Crippen molar-refractivity contribution in [2.24, 2.45) is 0 Å². The van der Waals surface area contributed by atoms with Gasteiger partial charge in [0.1, 0.15) is 0 Å². The molecule has 0 bridgehead atoms. The molecule has 0 saturated heterocycles. The van der Waals surface area contributed by atoms with E-state index in [1.165, 1.54) is 12.0 Å². The topological polar surface area (TPSA) is 99.1 Å². The number of nitrogens with zero attached hydrogens (tertiary/aromatic N) is 1. The number of amides is 1. The van der Waals surface area contributed by atoms with Crippen LogP contribution in [0.1, 0.15) is 0 Å². The summed E-state index contributed by atoms with van der Waals surface area (Å²) in [7, 11) is 1.26. The van der Waals surface area contributed by atoms with Crippen molar-refractivity contribution in [1.29, 1.82) is 0 Å². The maximum absolute atomic E-state index is 10.8. The number of ether oxygens (including phenoxy) is 1. The Bertz CT molecular complexity index is 515. The van der Waals surface area contributed by atoms with Gasteiger partial charge in [-0.2, -0.15) is 0 Å². The van der Waals surface area contributed by atoms with Gasteiger partial charge in [-0.1, -0.05) is 12.1 Å². The first-order valence-corrected chi connectivity index (χ1v) is 5.77. The molecule has 1 aliphatic rings. The second kappa shape index (κ2) is 7.03. The van der Waals surface area contributed by atoms with Gasteiger partial charge in [0, 0.05) is 13.1 Å². The summed E-state index contributed by atoms with van der Waals surface area (Å²) in [4.78, 5) is 21.9. The van der Waals surface area contributed by atoms with Gasteiger partial charge in [0.2, 0.25) is 0 Å². The molecule has 7 heteroatoms. The lowest BCUT2D eigenvalue weighted by molar-refractivity contribution is -0.136. The average molecular weight is 280 g/mol. The molecular formula is C13H16N2O5. The molecule has 108 valence electrons. The average Bonchev–Trinajstić information content (AvgIpc) is 2.46. The zero-order valence-corrected chi connectivity index (χ0v) is 11.0. The maximum Gasteiger partial charge on any atom is 0.411 e. The van der Waals surface area contributed by atoms with Crippen LogP contribution in [0.15, 0.2) is 36.6 Å². The third-order valence-electron chi connectivity index (χ3n) is 2.56. The van der Waals surface area contributed by atoms with Gasteiger partial charge in [0.25, 0.3) is 0 Å². The smallest absolute Gasteiger partial charge is 0.411 e. The summed E-state index contributed by atoms with van der Waals surface area (Å²) in [5.74, 6) is -1.36. The molecule has 0 unspecified atom stereocenters. The summed E-state index contributed by atoms with van der Waals surface area (Å²) in [6, 6.07) is 7.40. The fraction of sp³-hybridized carbons (Fsp3) is 0.231. The van der Waals surface area contributed by atoms with E-state index < -0.39 is 12.1 Å². The molecule has 1 aromatic rings. The van der Waals surface area contributed by atoms with Crippen LogP contribution in [0.4, 0.5) is 16.2 Å². The van der Waals surface area contributed by atoms with Gasteiger partial charge in [-0.25, -0.2) is 9.59 Å². The number of carbonyl (C=O) groups is 2. The Morgan fingerprint density at radius 3 is 2.50 bits per heavy atom. The molecule has 1 aromatic carbocycles. The Morgan fingerprint density at radius 2 is 2.00 bits per heavy atom. The van der Waals surface area contributed by atoms with Crippen molar-refractivity contribution in [2.75, 3.05) is 30.4 Å². The van der Waals surface area contributed by atoms with Gasteiger partial charge in [0.15, 0.2) is 5.76 Å². The van der Waals surface area contributed by atoms with E-state index in [4.69, 9.17) is 10.2 Å². The number of carboxylic acid groups (broad SMARTS) is 2. The first kappa shape index (κ1) is 15.4. The molecule has 1 heterocycles. The molecule has 0 fully saturated rings. The Balaban J connectivity index is 0.000000246. The number of methoxy groups -OCH3 is 1. The number of hydrogen-bond donors (Lipinski definition) is 3. The lowest BCUT2D eigenvalue weighted by atomic mass is 10.2. The number of hydrogen-bond acceptors (Lipinski definition) is 4. The standard InChI is InChI=1S/C9H10N2O2.C4H6O3/c12-9(13)11-6-5-10-7-3-1-2-4-8(7)11;1-3(7-2)4(5)6/h1-4,10H,5-6H2,(H,12,13);1H2,2H3,(H,5,6). The van der Waals surface area contributed by atoms with E-state index >= 15 is 0 Å². The summed E-state index contributed by atoms with van der Waals surface area (Å²) in [5.41, 5.74) is 1.62. The van der Waals surface area contributed by atoms with Crippen LogP contribution < -0.4 is 10.2 Å². The first-order valence-electron chi connectivity index (χ1n) is 5.77. The number of para-hydroxylation sites is 2. The van der Waals surface area contributed by atoms with Gasteiger partial charge < -0.3 is 20.3 Å². The van der Waals surface area contributed by atoms with Crippen molar-refractivity contribution in [3.63, 3.8) is 0 Å². The van der Waals surface area contributed by atoms with Gasteiger partial charge >= 0.3 is 12.1 Å². The normalized spacial score (nSPS) is 12.2. The van der Waals surface area contributed by atoms with Gasteiger partial charge in [-0.3, -0.25) is 4.90 Å². The summed E-state index contributed by atoms with van der Waals surface area (Å²) >= 11 is 0. The SMILES string of the molecule is C=C(OC)C(=O)O.O=C(O)N1CCNc2ccccc21. The van der Waals surface area contributed by atoms with E-state index in [0.717, 1.165) is 11.4 Å². The lowest BCUT2D eigenvalue weighted by Gasteiger charge is -2.27. The minimum atomic E-state index is -1.12. The number of anilines is 2. The molecule has 1 aliphatic heterocycles. The minimum Gasteiger partial charge on any atom is -0.490 e. The van der Waals surface area contributed by atoms with Crippen molar-refractivity contribution in [1.82, 2.24) is 0 Å². The molecule has 0 aromatic heterocycles. The highest BCUT2D eigenvalue weighted by molar-refractivity contribution is 5.92. The van der Waals surface area contributed by atoms with Crippen LogP contribution in [0.25, 0.3) is 0 Å². The highest BCUT2D eigenvalue weighted by Gasteiger charge is 2.20. The number of carboxylic acids is 1. The number of aliphatic carboxylic acids is 1. The van der Waals surface area contributed by atoms with Crippen molar-refractivity contribution < 1.29 is 24.5 Å². The number of nitrogens with one attached hydrogen (secondary N) is 1. The Hall–Kier alpha value is -2.70. The molecule has 3 N–H and O–H groups in total.